The second-order valence-corrected chi connectivity index (χ2v) is 4.00. The highest BCUT2D eigenvalue weighted by molar-refractivity contribution is 5.88. The quantitative estimate of drug-likeness (QED) is 0.748. The van der Waals surface area contributed by atoms with Gasteiger partial charge in [-0.3, -0.25) is 4.79 Å². The minimum Gasteiger partial charge on any atom is -0.315 e. The number of aromatic nitrogens is 3. The zero-order chi connectivity index (χ0) is 11.0. The Hall–Kier alpha value is -1.75. The summed E-state index contributed by atoms with van der Waals surface area (Å²) in [5, 5.41) is 11.0. The lowest BCUT2D eigenvalue weighted by molar-refractivity contribution is -0.121. The Morgan fingerprint density at radius 2 is 2.44 bits per heavy atom. The van der Waals surface area contributed by atoms with Crippen LogP contribution in [0.4, 0.5) is 0 Å². The van der Waals surface area contributed by atoms with Gasteiger partial charge in [-0.05, 0) is 11.6 Å². The standard InChI is InChI=1S/C11H12N4O/c16-11-3-4-12-6-9(11)8-2-1-5-15-10(8)7-13-14-15/h1-2,5,7,9,12H,3-4,6H2. The molecule has 0 aromatic carbocycles. The molecule has 2 aromatic heterocycles. The van der Waals surface area contributed by atoms with E-state index in [1.54, 1.807) is 10.7 Å². The Kier molecular flexibility index (Phi) is 2.18. The second kappa shape index (κ2) is 3.68. The number of Topliss-reactive ketones (excluding diaryl/α,β-unsaturated/α-hetero) is 1. The maximum Gasteiger partial charge on any atom is 0.142 e. The van der Waals surface area contributed by atoms with Crippen LogP contribution in [0.1, 0.15) is 17.9 Å². The summed E-state index contributed by atoms with van der Waals surface area (Å²) in [5.74, 6) is 0.240. The topological polar surface area (TPSA) is 59.3 Å². The first-order valence-corrected chi connectivity index (χ1v) is 5.38. The predicted molar refractivity (Wildman–Crippen MR) is 58.2 cm³/mol. The van der Waals surface area contributed by atoms with Crippen molar-refractivity contribution in [2.75, 3.05) is 13.1 Å². The lowest BCUT2D eigenvalue weighted by Crippen LogP contribution is -2.35. The first-order valence-electron chi connectivity index (χ1n) is 5.38. The average Bonchev–Trinajstić information content (AvgIpc) is 2.77. The number of rotatable bonds is 1. The average molecular weight is 216 g/mol. The van der Waals surface area contributed by atoms with Gasteiger partial charge < -0.3 is 5.32 Å². The van der Waals surface area contributed by atoms with Crippen LogP contribution >= 0.6 is 0 Å². The number of piperidine rings is 1. The molecule has 1 N–H and O–H groups in total. The molecule has 5 heteroatoms. The third-order valence-corrected chi connectivity index (χ3v) is 3.03. The van der Waals surface area contributed by atoms with Gasteiger partial charge in [0.2, 0.25) is 0 Å². The SMILES string of the molecule is O=C1CCNCC1c1cccn2nncc12. The molecular formula is C11H12N4O. The first-order chi connectivity index (χ1) is 7.86. The van der Waals surface area contributed by atoms with Crippen LogP contribution in [0.3, 0.4) is 0 Å². The van der Waals surface area contributed by atoms with Crippen LogP contribution in [0.2, 0.25) is 0 Å². The van der Waals surface area contributed by atoms with Crippen molar-refractivity contribution in [3.63, 3.8) is 0 Å². The van der Waals surface area contributed by atoms with E-state index in [2.05, 4.69) is 15.6 Å². The molecule has 0 spiro atoms. The lowest BCUT2D eigenvalue weighted by atomic mass is 9.90. The molecule has 5 nitrogen and oxygen atoms in total. The van der Waals surface area contributed by atoms with Gasteiger partial charge >= 0.3 is 0 Å². The van der Waals surface area contributed by atoms with Crippen molar-refractivity contribution in [1.29, 1.82) is 0 Å². The zero-order valence-electron chi connectivity index (χ0n) is 8.76. The molecule has 1 aliphatic rings. The highest BCUT2D eigenvalue weighted by Gasteiger charge is 2.25. The Balaban J connectivity index is 2.10. The number of hydrogen-bond acceptors (Lipinski definition) is 4. The molecule has 0 aliphatic carbocycles. The van der Waals surface area contributed by atoms with Gasteiger partial charge in [0, 0.05) is 25.7 Å². The molecule has 82 valence electrons. The lowest BCUT2D eigenvalue weighted by Gasteiger charge is -2.22. The van der Waals surface area contributed by atoms with Crippen LogP contribution in [0, 0.1) is 0 Å². The molecule has 3 rings (SSSR count). The molecule has 1 unspecified atom stereocenters. The summed E-state index contributed by atoms with van der Waals surface area (Å²) < 4.78 is 1.71. The van der Waals surface area contributed by atoms with Gasteiger partial charge in [0.1, 0.15) is 5.78 Å². The highest BCUT2D eigenvalue weighted by atomic mass is 16.1. The Bertz CT molecular complexity index is 534. The molecule has 3 heterocycles. The van der Waals surface area contributed by atoms with Crippen molar-refractivity contribution in [1.82, 2.24) is 20.1 Å². The summed E-state index contributed by atoms with van der Waals surface area (Å²) in [6, 6.07) is 3.88. The van der Waals surface area contributed by atoms with E-state index < -0.39 is 0 Å². The van der Waals surface area contributed by atoms with Crippen LogP contribution in [-0.2, 0) is 4.79 Å². The van der Waals surface area contributed by atoms with Gasteiger partial charge in [0.05, 0.1) is 17.6 Å². The number of hydrogen-bond donors (Lipinski definition) is 1. The molecule has 1 fully saturated rings. The second-order valence-electron chi connectivity index (χ2n) is 4.00. The van der Waals surface area contributed by atoms with Crippen LogP contribution in [0.25, 0.3) is 5.52 Å². The maximum atomic E-state index is 11.9. The molecule has 0 bridgehead atoms. The summed E-state index contributed by atoms with van der Waals surface area (Å²) in [4.78, 5) is 11.9. The van der Waals surface area contributed by atoms with Crippen molar-refractivity contribution >= 4 is 11.3 Å². The summed E-state index contributed by atoms with van der Waals surface area (Å²) in [5.41, 5.74) is 1.94. The van der Waals surface area contributed by atoms with E-state index in [0.29, 0.717) is 18.7 Å². The van der Waals surface area contributed by atoms with Gasteiger partial charge in [-0.1, -0.05) is 11.3 Å². The van der Waals surface area contributed by atoms with E-state index >= 15 is 0 Å². The number of carbonyl (C=O) groups is 1. The third-order valence-electron chi connectivity index (χ3n) is 3.03. The minimum absolute atomic E-state index is 0.0593. The van der Waals surface area contributed by atoms with Crippen LogP contribution in [0.15, 0.2) is 24.5 Å². The predicted octanol–water partition coefficient (Wildman–Crippen LogP) is 0.375. The molecule has 1 saturated heterocycles. The van der Waals surface area contributed by atoms with Crippen molar-refractivity contribution in [2.45, 2.75) is 12.3 Å². The summed E-state index contributed by atoms with van der Waals surface area (Å²) >= 11 is 0. The fourth-order valence-electron chi connectivity index (χ4n) is 2.20. The third kappa shape index (κ3) is 1.40. The highest BCUT2D eigenvalue weighted by Crippen LogP contribution is 2.23. The smallest absolute Gasteiger partial charge is 0.142 e. The Morgan fingerprint density at radius 3 is 3.31 bits per heavy atom. The monoisotopic (exact) mass is 216 g/mol. The van der Waals surface area contributed by atoms with Gasteiger partial charge in [0.25, 0.3) is 0 Å². The zero-order valence-corrected chi connectivity index (χ0v) is 8.76. The summed E-state index contributed by atoms with van der Waals surface area (Å²) in [6.07, 6.45) is 4.15. The molecule has 2 aromatic rings. The van der Waals surface area contributed by atoms with Crippen LogP contribution in [-0.4, -0.2) is 33.7 Å². The molecule has 0 amide bonds. The van der Waals surface area contributed by atoms with E-state index in [1.165, 1.54) is 0 Å². The largest absolute Gasteiger partial charge is 0.315 e. The normalized spacial score (nSPS) is 21.5. The van der Waals surface area contributed by atoms with E-state index in [1.807, 2.05) is 18.3 Å². The molecule has 16 heavy (non-hydrogen) atoms. The van der Waals surface area contributed by atoms with Gasteiger partial charge in [0.15, 0.2) is 0 Å². The number of ketones is 1. The molecule has 1 atom stereocenters. The van der Waals surface area contributed by atoms with Gasteiger partial charge in [-0.15, -0.1) is 5.10 Å². The Labute approximate surface area is 92.5 Å². The van der Waals surface area contributed by atoms with Crippen molar-refractivity contribution in [3.8, 4) is 0 Å². The fourth-order valence-corrected chi connectivity index (χ4v) is 2.20. The molecule has 0 saturated carbocycles. The van der Waals surface area contributed by atoms with E-state index in [4.69, 9.17) is 0 Å². The first kappa shape index (κ1) is 9.47. The van der Waals surface area contributed by atoms with E-state index in [0.717, 1.165) is 17.6 Å². The maximum absolute atomic E-state index is 11.9. The van der Waals surface area contributed by atoms with E-state index in [9.17, 15) is 4.79 Å². The van der Waals surface area contributed by atoms with Gasteiger partial charge in [-0.2, -0.15) is 0 Å². The minimum atomic E-state index is -0.0593. The van der Waals surface area contributed by atoms with E-state index in [-0.39, 0.29) is 5.92 Å². The summed E-state index contributed by atoms with van der Waals surface area (Å²) in [7, 11) is 0. The Morgan fingerprint density at radius 1 is 1.50 bits per heavy atom. The van der Waals surface area contributed by atoms with Gasteiger partial charge in [-0.25, -0.2) is 4.52 Å². The number of nitrogens with zero attached hydrogens (tertiary/aromatic N) is 3. The van der Waals surface area contributed by atoms with Crippen molar-refractivity contribution < 1.29 is 4.79 Å². The molecular weight excluding hydrogens is 204 g/mol. The molecule has 1 aliphatic heterocycles. The van der Waals surface area contributed by atoms with Crippen molar-refractivity contribution in [2.24, 2.45) is 0 Å². The van der Waals surface area contributed by atoms with Crippen LogP contribution in [0.5, 0.6) is 0 Å². The number of nitrogens with one attached hydrogen (secondary N) is 1. The van der Waals surface area contributed by atoms with Crippen LogP contribution < -0.4 is 5.32 Å². The number of fused-ring (bicyclic) bond motifs is 1. The summed E-state index contributed by atoms with van der Waals surface area (Å²) in [6.45, 7) is 1.50. The fraction of sp³-hybridized carbons (Fsp3) is 0.364. The van der Waals surface area contributed by atoms with Crippen molar-refractivity contribution in [3.05, 3.63) is 30.1 Å². The molecule has 0 radical (unpaired) electrons. The number of carbonyl (C=O) groups excluding carboxylic acids is 1. The number of pyridine rings is 1.